The topological polar surface area (TPSA) is 171 Å². The first-order chi connectivity index (χ1) is 27.9. The molecule has 6 rings (SSSR count). The molecule has 1 atom stereocenters. The Kier molecular flexibility index (Phi) is 13.4. The highest BCUT2D eigenvalue weighted by Crippen LogP contribution is 2.40. The summed E-state index contributed by atoms with van der Waals surface area (Å²) in [5, 5.41) is 9.43. The molecule has 0 spiro atoms. The van der Waals surface area contributed by atoms with Crippen molar-refractivity contribution in [3.05, 3.63) is 106 Å². The third-order valence-corrected chi connectivity index (χ3v) is 10.1. The highest BCUT2D eigenvalue weighted by atomic mass is 35.5. The predicted molar refractivity (Wildman–Crippen MR) is 221 cm³/mol. The second-order valence-electron chi connectivity index (χ2n) is 13.8. The molecule has 304 valence electrons. The van der Waals surface area contributed by atoms with Crippen molar-refractivity contribution in [1.29, 1.82) is 0 Å². The molecule has 1 aliphatic rings. The van der Waals surface area contributed by atoms with Crippen molar-refractivity contribution in [3.8, 4) is 22.8 Å². The zero-order valence-corrected chi connectivity index (χ0v) is 34.4. The fourth-order valence-electron chi connectivity index (χ4n) is 6.24. The van der Waals surface area contributed by atoms with Crippen molar-refractivity contribution in [2.45, 2.75) is 46.6 Å². The Balaban J connectivity index is 1.13. The summed E-state index contributed by atoms with van der Waals surface area (Å²) < 4.78 is 23.5. The number of hydrogen-bond acceptors (Lipinski definition) is 11. The van der Waals surface area contributed by atoms with Crippen molar-refractivity contribution in [3.63, 3.8) is 0 Å². The largest absolute Gasteiger partial charge is 0.496 e. The molecule has 5 aromatic rings. The second-order valence-corrected chi connectivity index (χ2v) is 14.6. The minimum Gasteiger partial charge on any atom is -0.496 e. The third kappa shape index (κ3) is 9.61. The summed E-state index contributed by atoms with van der Waals surface area (Å²) in [5.74, 6) is 0.393. The molecule has 0 aliphatic carbocycles. The van der Waals surface area contributed by atoms with Crippen LogP contribution in [-0.4, -0.2) is 76.0 Å². The van der Waals surface area contributed by atoms with Crippen molar-refractivity contribution in [1.82, 2.24) is 24.4 Å². The van der Waals surface area contributed by atoms with E-state index in [0.29, 0.717) is 71.9 Å². The predicted octanol–water partition coefficient (Wildman–Crippen LogP) is 7.83. The molecule has 1 unspecified atom stereocenters. The Hall–Kier alpha value is -5.90. The maximum Gasteiger partial charge on any atom is 0.412 e. The van der Waals surface area contributed by atoms with Crippen LogP contribution in [0, 0.1) is 5.92 Å². The Morgan fingerprint density at radius 3 is 2.24 bits per heavy atom. The van der Waals surface area contributed by atoms with Gasteiger partial charge in [0.05, 0.1) is 54.5 Å². The van der Waals surface area contributed by atoms with E-state index in [1.54, 1.807) is 97.5 Å². The molecule has 0 fully saturated rings. The Labute approximate surface area is 346 Å². The van der Waals surface area contributed by atoms with Crippen LogP contribution in [0.2, 0.25) is 10.0 Å². The molecular formula is C41H44Cl2N8O7. The van der Waals surface area contributed by atoms with Gasteiger partial charge < -0.3 is 44.4 Å². The number of carbonyl (C=O) groups excluding carboxylic acids is 3. The molecule has 17 heteroatoms. The maximum atomic E-state index is 13.6. The number of nitrogens with one attached hydrogen (secondary N) is 3. The van der Waals surface area contributed by atoms with E-state index in [2.05, 4.69) is 30.9 Å². The summed E-state index contributed by atoms with van der Waals surface area (Å²) in [4.78, 5) is 54.5. The van der Waals surface area contributed by atoms with Crippen LogP contribution >= 0.6 is 23.2 Å². The number of hydrogen-bond donors (Lipinski definition) is 3. The number of benzene rings is 2. The molecule has 3 amide bonds. The number of imidazole rings is 1. The molecule has 2 aromatic carbocycles. The lowest BCUT2D eigenvalue weighted by molar-refractivity contribution is -0.107. The number of carbonyl (C=O) groups is 3. The van der Waals surface area contributed by atoms with E-state index in [1.165, 1.54) is 7.11 Å². The number of methoxy groups -OCH3 is 2. The van der Waals surface area contributed by atoms with E-state index in [9.17, 15) is 14.4 Å². The lowest BCUT2D eigenvalue weighted by Crippen LogP contribution is -2.38. The van der Waals surface area contributed by atoms with Gasteiger partial charge in [0, 0.05) is 79.2 Å². The number of ether oxygens (including phenoxy) is 4. The Morgan fingerprint density at radius 1 is 0.897 bits per heavy atom. The molecular weight excluding hydrogens is 787 g/mol. The molecule has 3 aromatic heterocycles. The molecule has 0 radical (unpaired) electrons. The van der Waals surface area contributed by atoms with Gasteiger partial charge in [-0.05, 0) is 31.0 Å². The molecule has 4 heterocycles. The summed E-state index contributed by atoms with van der Waals surface area (Å²) in [6, 6.07) is 15.4. The second kappa shape index (κ2) is 18.6. The van der Waals surface area contributed by atoms with Crippen molar-refractivity contribution < 1.29 is 33.3 Å². The SMILES string of the molecule is COc1cc(NCc2cnc(C(=O)Nc3cccc(-c4cccc(NC(=O)c5nc6c(n5C)CCN(C(=O)OC(C)OCC(C)C)C6)c4Cl)c3Cl)cc2OC)ccn1. The average molecular weight is 832 g/mol. The van der Waals surface area contributed by atoms with Gasteiger partial charge in [-0.25, -0.2) is 14.8 Å². The normalized spacial score (nSPS) is 12.7. The summed E-state index contributed by atoms with van der Waals surface area (Å²) >= 11 is 13.8. The van der Waals surface area contributed by atoms with Gasteiger partial charge >= 0.3 is 6.09 Å². The van der Waals surface area contributed by atoms with E-state index < -0.39 is 24.2 Å². The summed E-state index contributed by atoms with van der Waals surface area (Å²) in [5.41, 5.74) is 4.74. The van der Waals surface area contributed by atoms with Gasteiger partial charge in [-0.2, -0.15) is 0 Å². The van der Waals surface area contributed by atoms with E-state index in [0.717, 1.165) is 16.9 Å². The highest BCUT2D eigenvalue weighted by molar-refractivity contribution is 6.40. The average Bonchev–Trinajstić information content (AvgIpc) is 3.56. The number of amides is 3. The van der Waals surface area contributed by atoms with Gasteiger partial charge in [0.1, 0.15) is 11.4 Å². The lowest BCUT2D eigenvalue weighted by Gasteiger charge is -2.27. The molecule has 0 saturated carbocycles. The number of anilines is 3. The minimum absolute atomic E-state index is 0.111. The summed E-state index contributed by atoms with van der Waals surface area (Å²) in [6.45, 7) is 7.13. The van der Waals surface area contributed by atoms with Gasteiger partial charge in [0.2, 0.25) is 12.2 Å². The summed E-state index contributed by atoms with van der Waals surface area (Å²) in [7, 11) is 4.82. The molecule has 1 aliphatic heterocycles. The standard InChI is InChI=1S/C41H44Cl2N8O7/c1-23(2)22-57-24(3)58-41(54)51-16-14-33-32(21-51)47-38(50(33)4)40(53)49-30-12-8-10-28(37(30)43)27-9-7-11-29(36(27)42)48-39(52)31-18-34(55-5)25(20-46-31)19-45-26-13-15-44-35(17-26)56-6/h7-13,15,17-18,20,23-24H,14,16,19,21-22H2,1-6H3,(H,44,45)(H,48,52)(H,49,53). The van der Waals surface area contributed by atoms with Gasteiger partial charge in [0.15, 0.2) is 5.82 Å². The van der Waals surface area contributed by atoms with Gasteiger partial charge in [-0.3, -0.25) is 14.6 Å². The number of nitrogens with zero attached hydrogens (tertiary/aromatic N) is 5. The van der Waals surface area contributed by atoms with Crippen LogP contribution in [0.1, 0.15) is 58.8 Å². The van der Waals surface area contributed by atoms with Crippen LogP contribution < -0.4 is 25.4 Å². The fourth-order valence-corrected chi connectivity index (χ4v) is 6.79. The van der Waals surface area contributed by atoms with Gasteiger partial charge in [0.25, 0.3) is 11.8 Å². The van der Waals surface area contributed by atoms with Crippen LogP contribution in [0.25, 0.3) is 11.1 Å². The molecule has 3 N–H and O–H groups in total. The maximum absolute atomic E-state index is 13.6. The first-order valence-corrected chi connectivity index (χ1v) is 19.2. The van der Waals surface area contributed by atoms with Crippen LogP contribution in [0.3, 0.4) is 0 Å². The smallest absolute Gasteiger partial charge is 0.412 e. The zero-order chi connectivity index (χ0) is 41.5. The number of fused-ring (bicyclic) bond motifs is 1. The molecule has 0 bridgehead atoms. The quantitative estimate of drug-likeness (QED) is 0.0932. The van der Waals surface area contributed by atoms with Crippen molar-refractivity contribution in [2.75, 3.05) is 43.3 Å². The minimum atomic E-state index is -0.693. The van der Waals surface area contributed by atoms with E-state index >= 15 is 0 Å². The van der Waals surface area contributed by atoms with E-state index in [1.807, 2.05) is 13.8 Å². The fraction of sp³-hybridized carbons (Fsp3) is 0.317. The van der Waals surface area contributed by atoms with Crippen LogP contribution in [0.15, 0.2) is 67.0 Å². The van der Waals surface area contributed by atoms with Crippen molar-refractivity contribution >= 4 is 58.2 Å². The Morgan fingerprint density at radius 2 is 1.59 bits per heavy atom. The van der Waals surface area contributed by atoms with Gasteiger partial charge in [-0.1, -0.05) is 61.3 Å². The monoisotopic (exact) mass is 830 g/mol. The molecule has 15 nitrogen and oxygen atoms in total. The number of pyridine rings is 2. The molecule has 0 saturated heterocycles. The number of rotatable bonds is 14. The first kappa shape index (κ1) is 41.7. The lowest BCUT2D eigenvalue weighted by atomic mass is 10.0. The molecule has 58 heavy (non-hydrogen) atoms. The van der Waals surface area contributed by atoms with Crippen LogP contribution in [-0.2, 0) is 36.0 Å². The Bertz CT molecular complexity index is 2320. The zero-order valence-electron chi connectivity index (χ0n) is 32.9. The first-order valence-electron chi connectivity index (χ1n) is 18.4. The number of aromatic nitrogens is 4. The highest BCUT2D eigenvalue weighted by Gasteiger charge is 2.30. The van der Waals surface area contributed by atoms with Crippen LogP contribution in [0.4, 0.5) is 21.9 Å². The number of halogens is 2. The van der Waals surface area contributed by atoms with Crippen molar-refractivity contribution in [2.24, 2.45) is 13.0 Å². The van der Waals surface area contributed by atoms with Crippen LogP contribution in [0.5, 0.6) is 11.6 Å². The van der Waals surface area contributed by atoms with E-state index in [-0.39, 0.29) is 28.1 Å². The van der Waals surface area contributed by atoms with E-state index in [4.69, 9.17) is 42.1 Å². The third-order valence-electron chi connectivity index (χ3n) is 9.26. The summed E-state index contributed by atoms with van der Waals surface area (Å²) in [6.07, 6.45) is 2.48. The van der Waals surface area contributed by atoms with Gasteiger partial charge in [-0.15, -0.1) is 0 Å².